The first kappa shape index (κ1) is 9.44. The van der Waals surface area contributed by atoms with E-state index in [0.29, 0.717) is 11.3 Å². The van der Waals surface area contributed by atoms with E-state index < -0.39 is 0 Å². The van der Waals surface area contributed by atoms with E-state index in [-0.39, 0.29) is 0 Å². The minimum atomic E-state index is 0.496. The van der Waals surface area contributed by atoms with Crippen LogP contribution < -0.4 is 16.1 Å². The van der Waals surface area contributed by atoms with Crippen molar-refractivity contribution < 1.29 is 5.21 Å². The molecule has 0 aliphatic rings. The van der Waals surface area contributed by atoms with Crippen molar-refractivity contribution in [1.29, 1.82) is 0 Å². The van der Waals surface area contributed by atoms with Gasteiger partial charge in [-0.1, -0.05) is 0 Å². The minimum absolute atomic E-state index is 0.496. The van der Waals surface area contributed by atoms with Crippen molar-refractivity contribution >= 4 is 11.5 Å². The zero-order valence-electron chi connectivity index (χ0n) is 8.00. The molecule has 1 heterocycles. The maximum Gasteiger partial charge on any atom is 0.167 e. The van der Waals surface area contributed by atoms with Gasteiger partial charge in [-0.05, 0) is 0 Å². The van der Waals surface area contributed by atoms with Gasteiger partial charge in [-0.3, -0.25) is 4.99 Å². The smallest absolute Gasteiger partial charge is 0.167 e. The number of nitrogens with one attached hydrogen (secondary N) is 2. The maximum absolute atomic E-state index is 9.54. The van der Waals surface area contributed by atoms with Crippen LogP contribution in [0.1, 0.15) is 0 Å². The average Bonchev–Trinajstić information content (AvgIpc) is 2.18. The fourth-order valence-electron chi connectivity index (χ4n) is 1.06. The first-order valence-electron chi connectivity index (χ1n) is 3.97. The molecule has 1 aromatic rings. The first-order valence-corrected chi connectivity index (χ1v) is 3.97. The van der Waals surface area contributed by atoms with E-state index in [1.165, 1.54) is 0 Å². The van der Waals surface area contributed by atoms with Crippen LogP contribution in [0.2, 0.25) is 0 Å². The molecule has 13 heavy (non-hydrogen) atoms. The molecule has 0 atom stereocenters. The summed E-state index contributed by atoms with van der Waals surface area (Å²) in [6, 6.07) is 3.54. The fraction of sp³-hybridized carbons (Fsp3) is 0.375. The van der Waals surface area contributed by atoms with Crippen molar-refractivity contribution in [3.05, 3.63) is 17.6 Å². The van der Waals surface area contributed by atoms with Gasteiger partial charge < -0.3 is 15.8 Å². The highest BCUT2D eigenvalue weighted by molar-refractivity contribution is 5.51. The van der Waals surface area contributed by atoms with Gasteiger partial charge in [0, 0.05) is 39.0 Å². The van der Waals surface area contributed by atoms with Crippen LogP contribution in [0.4, 0.5) is 11.5 Å². The van der Waals surface area contributed by atoms with Crippen molar-refractivity contribution in [2.45, 2.75) is 0 Å². The number of aromatic nitrogens is 1. The normalized spacial score (nSPS) is 11.5. The molecule has 0 unspecified atom stereocenters. The molecule has 0 amide bonds. The lowest BCUT2D eigenvalue weighted by Crippen LogP contribution is -2.21. The van der Waals surface area contributed by atoms with E-state index in [9.17, 15) is 5.21 Å². The lowest BCUT2D eigenvalue weighted by Gasteiger charge is -2.09. The Morgan fingerprint density at radius 1 is 1.31 bits per heavy atom. The zero-order valence-corrected chi connectivity index (χ0v) is 8.00. The van der Waals surface area contributed by atoms with Crippen LogP contribution in [-0.2, 0) is 0 Å². The lowest BCUT2D eigenvalue weighted by atomic mass is 10.4. The van der Waals surface area contributed by atoms with Gasteiger partial charge >= 0.3 is 0 Å². The minimum Gasteiger partial charge on any atom is -0.425 e. The quantitative estimate of drug-likeness (QED) is 0.578. The Hall–Kier alpha value is -1.65. The van der Waals surface area contributed by atoms with E-state index >= 15 is 0 Å². The summed E-state index contributed by atoms with van der Waals surface area (Å²) in [5.74, 6) is 0.590. The van der Waals surface area contributed by atoms with Gasteiger partial charge in [0.2, 0.25) is 0 Å². The second kappa shape index (κ2) is 3.84. The fourth-order valence-corrected chi connectivity index (χ4v) is 1.06. The number of hydrogen-bond donors (Lipinski definition) is 3. The summed E-state index contributed by atoms with van der Waals surface area (Å²) < 4.78 is 1.00. The Morgan fingerprint density at radius 2 is 2.00 bits per heavy atom. The lowest BCUT2D eigenvalue weighted by molar-refractivity contribution is 0.178. The van der Waals surface area contributed by atoms with E-state index in [2.05, 4.69) is 15.6 Å². The summed E-state index contributed by atoms with van der Waals surface area (Å²) in [6.45, 7) is 0. The standard InChI is InChI=1S/C8H14N4O/c1-9-6-4-7(10-2)12(13)8(5-6)11-3/h4-5,9-10,13H,1-3H3. The van der Waals surface area contributed by atoms with Gasteiger partial charge in [0.15, 0.2) is 5.49 Å². The summed E-state index contributed by atoms with van der Waals surface area (Å²) in [5, 5.41) is 15.4. The zero-order chi connectivity index (χ0) is 9.84. The highest BCUT2D eigenvalue weighted by Gasteiger charge is 2.00. The number of hydrogen-bond acceptors (Lipinski definition) is 4. The van der Waals surface area contributed by atoms with E-state index in [1.54, 1.807) is 26.2 Å². The second-order valence-electron chi connectivity index (χ2n) is 2.52. The molecule has 0 radical (unpaired) electrons. The molecule has 0 saturated heterocycles. The number of nitrogens with zero attached hydrogens (tertiary/aromatic N) is 2. The van der Waals surface area contributed by atoms with Gasteiger partial charge in [-0.25, -0.2) is 0 Å². The van der Waals surface area contributed by atoms with Gasteiger partial charge in [-0.15, -0.1) is 0 Å². The van der Waals surface area contributed by atoms with Gasteiger partial charge in [0.05, 0.1) is 0 Å². The van der Waals surface area contributed by atoms with Crippen molar-refractivity contribution in [2.24, 2.45) is 4.99 Å². The third kappa shape index (κ3) is 1.74. The molecule has 0 spiro atoms. The van der Waals surface area contributed by atoms with Gasteiger partial charge in [0.1, 0.15) is 5.82 Å². The average molecular weight is 182 g/mol. The molecule has 0 aromatic carbocycles. The van der Waals surface area contributed by atoms with E-state index in [0.717, 1.165) is 10.4 Å². The molecule has 0 saturated carbocycles. The molecule has 3 N–H and O–H groups in total. The third-order valence-corrected chi connectivity index (χ3v) is 1.80. The summed E-state index contributed by atoms with van der Waals surface area (Å²) in [4.78, 5) is 3.92. The van der Waals surface area contributed by atoms with Crippen LogP contribution >= 0.6 is 0 Å². The topological polar surface area (TPSA) is 61.6 Å². The van der Waals surface area contributed by atoms with Crippen LogP contribution in [0.15, 0.2) is 17.1 Å². The highest BCUT2D eigenvalue weighted by Crippen LogP contribution is 2.09. The molecule has 0 fully saturated rings. The molecule has 0 bridgehead atoms. The summed E-state index contributed by atoms with van der Waals surface area (Å²) in [5.41, 5.74) is 1.39. The Morgan fingerprint density at radius 3 is 2.46 bits per heavy atom. The summed E-state index contributed by atoms with van der Waals surface area (Å²) in [7, 11) is 5.18. The van der Waals surface area contributed by atoms with Crippen LogP contribution in [-0.4, -0.2) is 31.1 Å². The van der Waals surface area contributed by atoms with Crippen molar-refractivity contribution in [3.8, 4) is 0 Å². The summed E-state index contributed by atoms with van der Waals surface area (Å²) >= 11 is 0. The molecule has 0 aliphatic heterocycles. The van der Waals surface area contributed by atoms with Crippen LogP contribution in [0.3, 0.4) is 0 Å². The van der Waals surface area contributed by atoms with Gasteiger partial charge in [0.25, 0.3) is 0 Å². The Balaban J connectivity index is 3.38. The monoisotopic (exact) mass is 182 g/mol. The molecule has 1 rings (SSSR count). The molecular weight excluding hydrogens is 168 g/mol. The molecule has 5 heteroatoms. The number of pyridine rings is 1. The summed E-state index contributed by atoms with van der Waals surface area (Å²) in [6.07, 6.45) is 0. The van der Waals surface area contributed by atoms with Crippen LogP contribution in [0, 0.1) is 0 Å². The van der Waals surface area contributed by atoms with E-state index in [1.807, 2.05) is 7.05 Å². The molecule has 5 nitrogen and oxygen atoms in total. The Bertz CT molecular complexity index is 356. The van der Waals surface area contributed by atoms with Crippen LogP contribution in [0.25, 0.3) is 0 Å². The number of rotatable bonds is 2. The third-order valence-electron chi connectivity index (χ3n) is 1.80. The molecule has 72 valence electrons. The van der Waals surface area contributed by atoms with Crippen molar-refractivity contribution in [3.63, 3.8) is 0 Å². The molecule has 0 aliphatic carbocycles. The first-order chi connectivity index (χ1) is 6.22. The number of anilines is 2. The largest absolute Gasteiger partial charge is 0.425 e. The highest BCUT2D eigenvalue weighted by atomic mass is 16.5. The molecule has 1 aromatic heterocycles. The molecular formula is C8H14N4O. The van der Waals surface area contributed by atoms with E-state index in [4.69, 9.17) is 0 Å². The Labute approximate surface area is 76.7 Å². The van der Waals surface area contributed by atoms with Crippen LogP contribution in [0.5, 0.6) is 0 Å². The second-order valence-corrected chi connectivity index (χ2v) is 2.52. The van der Waals surface area contributed by atoms with Crippen molar-refractivity contribution in [2.75, 3.05) is 31.8 Å². The predicted octanol–water partition coefficient (Wildman–Crippen LogP) is 0.339. The van der Waals surface area contributed by atoms with Crippen molar-refractivity contribution in [1.82, 2.24) is 4.73 Å². The SMILES string of the molecule is CN=c1cc(NC)cc(NC)n1O. The predicted molar refractivity (Wildman–Crippen MR) is 52.2 cm³/mol. The van der Waals surface area contributed by atoms with Gasteiger partial charge in [-0.2, -0.15) is 4.73 Å². The Kier molecular flexibility index (Phi) is 2.79. The maximum atomic E-state index is 9.54.